The molecule has 0 bridgehead atoms. The molecule has 0 saturated carbocycles. The predicted octanol–water partition coefficient (Wildman–Crippen LogP) is 1.59. The quantitative estimate of drug-likeness (QED) is 0.482. The van der Waals surface area contributed by atoms with Crippen molar-refractivity contribution >= 4 is 29.1 Å². The molecule has 1 unspecified atom stereocenters. The van der Waals surface area contributed by atoms with Crippen LogP contribution in [0.4, 0.5) is 4.39 Å². The number of alkyl halides is 1. The number of hydrogen-bond donors (Lipinski definition) is 3. The number of aliphatic hydroxyl groups is 1. The molecule has 5 atom stereocenters. The summed E-state index contributed by atoms with van der Waals surface area (Å²) in [7, 11) is 1.41. The second-order valence-electron chi connectivity index (χ2n) is 7.60. The SMILES string of the molecule is CCc1cn([C@@H]2O[C@H](CNC(=O)C(C)Oc3cc(OC)c(Cl)cc3Cl)[C@@H](O)[C@H]2F)c(=O)[nH]c1=O. The van der Waals surface area contributed by atoms with E-state index >= 15 is 0 Å². The number of methoxy groups -OCH3 is 1. The van der Waals surface area contributed by atoms with Crippen LogP contribution in [-0.2, 0) is 16.0 Å². The molecule has 1 saturated heterocycles. The molecule has 10 nitrogen and oxygen atoms in total. The van der Waals surface area contributed by atoms with E-state index in [2.05, 4.69) is 10.3 Å². The molecule has 1 aliphatic rings. The average Bonchev–Trinajstić information content (AvgIpc) is 3.07. The fourth-order valence-corrected chi connectivity index (χ4v) is 3.92. The van der Waals surface area contributed by atoms with Crippen LogP contribution in [0.15, 0.2) is 27.9 Å². The lowest BCUT2D eigenvalue weighted by molar-refractivity contribution is -0.128. The van der Waals surface area contributed by atoms with E-state index in [-0.39, 0.29) is 27.9 Å². The molecule has 2 aromatic rings. The lowest BCUT2D eigenvalue weighted by atomic mass is 10.1. The maximum absolute atomic E-state index is 14.8. The molecule has 1 fully saturated rings. The van der Waals surface area contributed by atoms with Gasteiger partial charge in [0.05, 0.1) is 17.2 Å². The summed E-state index contributed by atoms with van der Waals surface area (Å²) >= 11 is 12.1. The van der Waals surface area contributed by atoms with Gasteiger partial charge in [-0.1, -0.05) is 30.1 Å². The van der Waals surface area contributed by atoms with Gasteiger partial charge in [-0.3, -0.25) is 19.1 Å². The Balaban J connectivity index is 1.65. The zero-order valence-electron chi connectivity index (χ0n) is 18.5. The van der Waals surface area contributed by atoms with Gasteiger partial charge in [-0.15, -0.1) is 0 Å². The standard InChI is InChI=1S/C21H24Cl2FN3O7/c1-4-10-8-27(21(31)26-19(10)30)20-16(24)17(28)15(34-20)7-25-18(29)9(2)33-14-6-13(32-3)11(22)5-12(14)23/h5-6,8-9,15-17,20,28H,4,7H2,1-3H3,(H,25,29)(H,26,30,31)/t9?,15-,16-,17-,20-/m1/s1. The van der Waals surface area contributed by atoms with Crippen molar-refractivity contribution < 1.29 is 28.5 Å². The first-order valence-electron chi connectivity index (χ1n) is 10.4. The molecular formula is C21H24Cl2FN3O7. The highest BCUT2D eigenvalue weighted by atomic mass is 35.5. The number of carbonyl (C=O) groups is 1. The normalized spacial score (nSPS) is 22.9. The van der Waals surface area contributed by atoms with Crippen molar-refractivity contribution in [3.63, 3.8) is 0 Å². The van der Waals surface area contributed by atoms with E-state index in [1.54, 1.807) is 6.92 Å². The molecule has 0 aliphatic carbocycles. The van der Waals surface area contributed by atoms with Crippen molar-refractivity contribution in [2.75, 3.05) is 13.7 Å². The lowest BCUT2D eigenvalue weighted by Gasteiger charge is -2.19. The fraction of sp³-hybridized carbons (Fsp3) is 0.476. The molecule has 186 valence electrons. The first kappa shape index (κ1) is 26.0. The van der Waals surface area contributed by atoms with Gasteiger partial charge in [0.25, 0.3) is 11.5 Å². The Kier molecular flexibility index (Phi) is 8.24. The summed E-state index contributed by atoms with van der Waals surface area (Å²) in [5.41, 5.74) is -1.19. The Morgan fingerprint density at radius 2 is 2.00 bits per heavy atom. The van der Waals surface area contributed by atoms with Crippen LogP contribution in [0, 0.1) is 0 Å². The Bertz CT molecular complexity index is 1170. The van der Waals surface area contributed by atoms with Gasteiger partial charge in [0.15, 0.2) is 18.5 Å². The predicted molar refractivity (Wildman–Crippen MR) is 122 cm³/mol. The van der Waals surface area contributed by atoms with E-state index in [0.29, 0.717) is 12.2 Å². The second kappa shape index (κ2) is 10.8. The molecule has 3 N–H and O–H groups in total. The minimum absolute atomic E-state index is 0.163. The van der Waals surface area contributed by atoms with Crippen LogP contribution in [0.3, 0.4) is 0 Å². The summed E-state index contributed by atoms with van der Waals surface area (Å²) in [6, 6.07) is 2.85. The molecule has 3 rings (SSSR count). The van der Waals surface area contributed by atoms with Gasteiger partial charge in [0, 0.05) is 24.4 Å². The number of aryl methyl sites for hydroxylation is 1. The Morgan fingerprint density at radius 1 is 1.32 bits per heavy atom. The van der Waals surface area contributed by atoms with Gasteiger partial charge in [-0.2, -0.15) is 0 Å². The third-order valence-electron chi connectivity index (χ3n) is 5.35. The number of H-pyrrole nitrogens is 1. The van der Waals surface area contributed by atoms with Gasteiger partial charge >= 0.3 is 5.69 Å². The number of benzene rings is 1. The molecule has 2 heterocycles. The van der Waals surface area contributed by atoms with Crippen molar-refractivity contribution in [1.82, 2.24) is 14.9 Å². The van der Waals surface area contributed by atoms with Gasteiger partial charge in [-0.25, -0.2) is 9.18 Å². The Labute approximate surface area is 203 Å². The van der Waals surface area contributed by atoms with Gasteiger partial charge < -0.3 is 24.6 Å². The minimum atomic E-state index is -1.97. The number of halogens is 3. The highest BCUT2D eigenvalue weighted by Gasteiger charge is 2.45. The van der Waals surface area contributed by atoms with E-state index in [4.69, 9.17) is 37.4 Å². The summed E-state index contributed by atoms with van der Waals surface area (Å²) in [5, 5.41) is 13.2. The smallest absolute Gasteiger partial charge is 0.330 e. The zero-order chi connectivity index (χ0) is 25.2. The van der Waals surface area contributed by atoms with Crippen LogP contribution >= 0.6 is 23.2 Å². The highest BCUT2D eigenvalue weighted by molar-refractivity contribution is 6.36. The molecular weight excluding hydrogens is 496 g/mol. The third-order valence-corrected chi connectivity index (χ3v) is 5.94. The second-order valence-corrected chi connectivity index (χ2v) is 8.41. The van der Waals surface area contributed by atoms with Crippen LogP contribution in [0.2, 0.25) is 10.0 Å². The van der Waals surface area contributed by atoms with Gasteiger partial charge in [0.1, 0.15) is 23.7 Å². The minimum Gasteiger partial charge on any atom is -0.495 e. The number of hydrogen-bond acceptors (Lipinski definition) is 7. The molecule has 1 aromatic heterocycles. The summed E-state index contributed by atoms with van der Waals surface area (Å²) < 4.78 is 31.8. The molecule has 0 spiro atoms. The lowest BCUT2D eigenvalue weighted by Crippen LogP contribution is -2.43. The third kappa shape index (κ3) is 5.38. The first-order chi connectivity index (χ1) is 16.1. The molecule has 1 amide bonds. The van der Waals surface area contributed by atoms with E-state index in [0.717, 1.165) is 4.57 Å². The van der Waals surface area contributed by atoms with Crippen molar-refractivity contribution in [2.24, 2.45) is 0 Å². The average molecular weight is 520 g/mol. The van der Waals surface area contributed by atoms with Crippen LogP contribution in [0.5, 0.6) is 11.5 Å². The number of carbonyl (C=O) groups excluding carboxylic acids is 1. The molecule has 34 heavy (non-hydrogen) atoms. The highest BCUT2D eigenvalue weighted by Crippen LogP contribution is 2.36. The molecule has 1 aromatic carbocycles. The van der Waals surface area contributed by atoms with Gasteiger partial charge in [-0.05, 0) is 19.4 Å². The topological polar surface area (TPSA) is 132 Å². The maximum Gasteiger partial charge on any atom is 0.330 e. The summed E-state index contributed by atoms with van der Waals surface area (Å²) in [6.07, 6.45) is -5.73. The summed E-state index contributed by atoms with van der Waals surface area (Å²) in [6.45, 7) is 2.90. The van der Waals surface area contributed by atoms with Crippen LogP contribution in [-0.4, -0.2) is 58.7 Å². The summed E-state index contributed by atoms with van der Waals surface area (Å²) in [5.74, 6) is -0.121. The number of amides is 1. The number of nitrogens with one attached hydrogen (secondary N) is 2. The maximum atomic E-state index is 14.8. The van der Waals surface area contributed by atoms with Crippen molar-refractivity contribution in [3.05, 3.63) is 54.8 Å². The van der Waals surface area contributed by atoms with Crippen molar-refractivity contribution in [1.29, 1.82) is 0 Å². The number of nitrogens with zero attached hydrogens (tertiary/aromatic N) is 1. The Hall–Kier alpha value is -2.60. The molecule has 1 aliphatic heterocycles. The molecule has 13 heteroatoms. The monoisotopic (exact) mass is 519 g/mol. The van der Waals surface area contributed by atoms with Crippen LogP contribution < -0.4 is 26.0 Å². The largest absolute Gasteiger partial charge is 0.495 e. The van der Waals surface area contributed by atoms with E-state index in [1.165, 1.54) is 32.4 Å². The number of aromatic nitrogens is 2. The number of aliphatic hydroxyl groups excluding tert-OH is 1. The van der Waals surface area contributed by atoms with Crippen LogP contribution in [0.25, 0.3) is 0 Å². The van der Waals surface area contributed by atoms with E-state index in [9.17, 15) is 23.9 Å². The zero-order valence-corrected chi connectivity index (χ0v) is 20.0. The number of aromatic amines is 1. The first-order valence-corrected chi connectivity index (χ1v) is 11.1. The fourth-order valence-electron chi connectivity index (χ4n) is 3.41. The van der Waals surface area contributed by atoms with E-state index in [1.807, 2.05) is 0 Å². The van der Waals surface area contributed by atoms with Crippen molar-refractivity contribution in [3.8, 4) is 11.5 Å². The van der Waals surface area contributed by atoms with E-state index < -0.39 is 47.9 Å². The summed E-state index contributed by atoms with van der Waals surface area (Å²) in [4.78, 5) is 38.5. The molecule has 0 radical (unpaired) electrons. The van der Waals surface area contributed by atoms with Gasteiger partial charge in [0.2, 0.25) is 0 Å². The number of rotatable bonds is 8. The Morgan fingerprint density at radius 3 is 2.65 bits per heavy atom. The number of ether oxygens (including phenoxy) is 3. The van der Waals surface area contributed by atoms with Crippen molar-refractivity contribution in [2.45, 2.75) is 51.0 Å². The van der Waals surface area contributed by atoms with Crippen LogP contribution in [0.1, 0.15) is 25.6 Å².